The smallest absolute Gasteiger partial charge is 0.306 e. The molecule has 1 amide bonds. The van der Waals surface area contributed by atoms with Gasteiger partial charge in [0.15, 0.2) is 12.4 Å². The molecule has 0 saturated carbocycles. The molecule has 0 radical (unpaired) electrons. The summed E-state index contributed by atoms with van der Waals surface area (Å²) in [6, 6.07) is -1.04. The number of ether oxygens (including phenoxy) is 3. The molecule has 8 unspecified atom stereocenters. The van der Waals surface area contributed by atoms with Gasteiger partial charge in [0.05, 0.1) is 25.4 Å². The number of unbranched alkanes of at least 4 members (excludes halogenated alkanes) is 21. The zero-order valence-corrected chi connectivity index (χ0v) is 45.5. The summed E-state index contributed by atoms with van der Waals surface area (Å²) >= 11 is 0. The van der Waals surface area contributed by atoms with Crippen LogP contribution in [0.3, 0.4) is 0 Å². The number of hydrogen-bond donors (Lipinski definition) is 6. The molecule has 8 atom stereocenters. The van der Waals surface area contributed by atoms with Gasteiger partial charge in [-0.25, -0.2) is 0 Å². The summed E-state index contributed by atoms with van der Waals surface area (Å²) < 4.78 is 17.5. The van der Waals surface area contributed by atoms with E-state index in [0.29, 0.717) is 12.8 Å². The van der Waals surface area contributed by atoms with Crippen LogP contribution in [0.25, 0.3) is 0 Å². The largest absolute Gasteiger partial charge is 0.454 e. The molecule has 6 N–H and O–H groups in total. The molecular weight excluding hydrogens is 907 g/mol. The summed E-state index contributed by atoms with van der Waals surface area (Å²) in [6.45, 7) is 5.61. The molecule has 1 aliphatic rings. The number of rotatable bonds is 47. The first-order valence-electron chi connectivity index (χ1n) is 28.9. The Hall–Kier alpha value is -3.16. The van der Waals surface area contributed by atoms with Crippen LogP contribution in [0.5, 0.6) is 0 Å². The van der Waals surface area contributed by atoms with Crippen molar-refractivity contribution in [1.82, 2.24) is 5.32 Å². The van der Waals surface area contributed by atoms with Gasteiger partial charge in [0, 0.05) is 6.42 Å². The number of aliphatic hydroxyl groups is 5. The molecule has 0 bridgehead atoms. The van der Waals surface area contributed by atoms with E-state index in [2.05, 4.69) is 99.0 Å². The predicted octanol–water partition coefficient (Wildman–Crippen LogP) is 13.0. The van der Waals surface area contributed by atoms with Gasteiger partial charge < -0.3 is 45.1 Å². The van der Waals surface area contributed by atoms with Crippen LogP contribution in [0.15, 0.2) is 85.1 Å². The Bertz CT molecular complexity index is 1490. The Morgan fingerprint density at radius 2 is 1.00 bits per heavy atom. The highest BCUT2D eigenvalue weighted by molar-refractivity contribution is 5.80. The monoisotopic (exact) mass is 1010 g/mol. The topological polar surface area (TPSA) is 175 Å². The summed E-state index contributed by atoms with van der Waals surface area (Å²) in [4.78, 5) is 26.4. The third-order valence-corrected chi connectivity index (χ3v) is 13.0. The van der Waals surface area contributed by atoms with E-state index in [4.69, 9.17) is 14.2 Å². The number of nitrogens with one attached hydrogen (secondary N) is 1. The van der Waals surface area contributed by atoms with Gasteiger partial charge in [-0.15, -0.1) is 0 Å². The third kappa shape index (κ3) is 36.7. The summed E-state index contributed by atoms with van der Waals surface area (Å²) in [6.07, 6.45) is 52.0. The van der Waals surface area contributed by atoms with Crippen LogP contribution in [0.2, 0.25) is 0 Å². The molecule has 1 aliphatic heterocycles. The van der Waals surface area contributed by atoms with Gasteiger partial charge in [-0.3, -0.25) is 9.59 Å². The molecule has 1 rings (SSSR count). The standard InChI is InChI=1S/C61H105NO10/c1-4-7-10-13-16-19-22-25-26-27-28-29-30-31-34-37-40-43-46-49-56(66)72-59-58(68)57(67)55(50-63)71-61(59)70-51-52(53(64)47-44-41-38-35-32-23-20-17-14-11-8-5-2)62-60(69)54(65)48-45-42-39-36-33-24-21-18-15-12-9-6-3/h7,10,16,19,25-26,28-29,31,33-34,36,44,47,52-55,57-59,61,63-65,67-68H,4-6,8-9,11-15,17-18,20-24,27,30,32,35,37-43,45-46,48-51H2,1-3H3,(H,62,69)/b10-7-,19-16-,26-25-,29-28-,34-31-,36-33-,47-44+. The summed E-state index contributed by atoms with van der Waals surface area (Å²) in [5.41, 5.74) is 0. The quantitative estimate of drug-likeness (QED) is 0.0196. The second-order valence-corrected chi connectivity index (χ2v) is 19.6. The maximum atomic E-state index is 13.3. The minimum Gasteiger partial charge on any atom is -0.454 e. The fraction of sp³-hybridized carbons (Fsp3) is 0.738. The molecule has 0 aromatic rings. The molecule has 1 saturated heterocycles. The first kappa shape index (κ1) is 66.9. The fourth-order valence-electron chi connectivity index (χ4n) is 8.44. The van der Waals surface area contributed by atoms with E-state index in [1.165, 1.54) is 89.9 Å². The normalized spacial score (nSPS) is 20.1. The molecular formula is C61H105NO10. The number of hydrogen-bond acceptors (Lipinski definition) is 10. The van der Waals surface area contributed by atoms with Crippen molar-refractivity contribution in [2.45, 2.75) is 275 Å². The highest BCUT2D eigenvalue weighted by Crippen LogP contribution is 2.26. The Labute approximate surface area is 438 Å². The van der Waals surface area contributed by atoms with E-state index >= 15 is 0 Å². The van der Waals surface area contributed by atoms with E-state index in [9.17, 15) is 35.1 Å². The lowest BCUT2D eigenvalue weighted by atomic mass is 9.99. The Kier molecular flexibility index (Phi) is 45.3. The fourth-order valence-corrected chi connectivity index (χ4v) is 8.44. The van der Waals surface area contributed by atoms with Gasteiger partial charge in [-0.05, 0) is 96.3 Å². The van der Waals surface area contributed by atoms with Crippen molar-refractivity contribution in [2.24, 2.45) is 0 Å². The van der Waals surface area contributed by atoms with Crippen molar-refractivity contribution in [1.29, 1.82) is 0 Å². The van der Waals surface area contributed by atoms with E-state index in [1.807, 2.05) is 6.08 Å². The van der Waals surface area contributed by atoms with Crippen LogP contribution in [-0.2, 0) is 23.8 Å². The molecule has 0 aromatic heterocycles. The lowest BCUT2D eigenvalue weighted by molar-refractivity contribution is -0.305. The van der Waals surface area contributed by atoms with Crippen molar-refractivity contribution in [2.75, 3.05) is 13.2 Å². The molecule has 0 aromatic carbocycles. The first-order chi connectivity index (χ1) is 35.2. The maximum Gasteiger partial charge on any atom is 0.306 e. The first-order valence-corrected chi connectivity index (χ1v) is 28.9. The number of carbonyl (C=O) groups is 2. The number of allylic oxidation sites excluding steroid dienone is 13. The molecule has 1 heterocycles. The molecule has 414 valence electrons. The molecule has 1 fully saturated rings. The van der Waals surface area contributed by atoms with Gasteiger partial charge in [-0.2, -0.15) is 0 Å². The van der Waals surface area contributed by atoms with Gasteiger partial charge in [0.25, 0.3) is 0 Å². The summed E-state index contributed by atoms with van der Waals surface area (Å²) in [7, 11) is 0. The van der Waals surface area contributed by atoms with E-state index in [0.717, 1.165) is 89.9 Å². The van der Waals surface area contributed by atoms with Crippen LogP contribution >= 0.6 is 0 Å². The minimum atomic E-state index is -1.63. The molecule has 72 heavy (non-hydrogen) atoms. The molecule has 11 nitrogen and oxygen atoms in total. The molecule has 11 heteroatoms. The minimum absolute atomic E-state index is 0.0791. The molecule has 0 spiro atoms. The van der Waals surface area contributed by atoms with Gasteiger partial charge in [0.2, 0.25) is 5.91 Å². The average molecular weight is 1010 g/mol. The van der Waals surface area contributed by atoms with Crippen molar-refractivity contribution in [3.63, 3.8) is 0 Å². The van der Waals surface area contributed by atoms with Gasteiger partial charge >= 0.3 is 5.97 Å². The Morgan fingerprint density at radius 1 is 0.556 bits per heavy atom. The Morgan fingerprint density at radius 3 is 1.51 bits per heavy atom. The van der Waals surface area contributed by atoms with Crippen LogP contribution in [0, 0.1) is 0 Å². The summed E-state index contributed by atoms with van der Waals surface area (Å²) in [5.74, 6) is -1.25. The van der Waals surface area contributed by atoms with Crippen molar-refractivity contribution in [3.05, 3.63) is 85.1 Å². The number of aliphatic hydroxyl groups excluding tert-OH is 5. The van der Waals surface area contributed by atoms with E-state index < -0.39 is 67.4 Å². The van der Waals surface area contributed by atoms with Crippen LogP contribution in [0.4, 0.5) is 0 Å². The maximum absolute atomic E-state index is 13.3. The zero-order chi connectivity index (χ0) is 52.5. The van der Waals surface area contributed by atoms with Crippen LogP contribution in [-0.4, -0.2) is 99.6 Å². The zero-order valence-electron chi connectivity index (χ0n) is 45.5. The average Bonchev–Trinajstić information content (AvgIpc) is 3.38. The van der Waals surface area contributed by atoms with E-state index in [1.54, 1.807) is 6.08 Å². The lowest BCUT2D eigenvalue weighted by Gasteiger charge is -2.41. The number of esters is 1. The number of amides is 1. The van der Waals surface area contributed by atoms with Crippen LogP contribution in [0.1, 0.15) is 226 Å². The number of carbonyl (C=O) groups excluding carboxylic acids is 2. The SMILES string of the molecule is CC/C=C\C/C=C\C/C=C\C/C=C\C/C=C\CCCCCC(=O)OC1C(OCC(NC(=O)C(O)CCCC/C=C\CCCCCCCC)C(O)/C=C/CCCCCCCCCCCC)OC(CO)C(O)C1O. The highest BCUT2D eigenvalue weighted by Gasteiger charge is 2.47. The second-order valence-electron chi connectivity index (χ2n) is 19.6. The van der Waals surface area contributed by atoms with Crippen molar-refractivity contribution in [3.8, 4) is 0 Å². The molecule has 0 aliphatic carbocycles. The third-order valence-electron chi connectivity index (χ3n) is 13.0. The Balaban J connectivity index is 2.75. The van der Waals surface area contributed by atoms with Crippen molar-refractivity contribution >= 4 is 11.9 Å². The van der Waals surface area contributed by atoms with Crippen molar-refractivity contribution < 1.29 is 49.3 Å². The lowest BCUT2D eigenvalue weighted by Crippen LogP contribution is -2.61. The highest BCUT2D eigenvalue weighted by atomic mass is 16.7. The van der Waals surface area contributed by atoms with Crippen LogP contribution < -0.4 is 5.32 Å². The predicted molar refractivity (Wildman–Crippen MR) is 296 cm³/mol. The second kappa shape index (κ2) is 48.8. The van der Waals surface area contributed by atoms with Gasteiger partial charge in [-0.1, -0.05) is 209 Å². The van der Waals surface area contributed by atoms with E-state index in [-0.39, 0.29) is 19.4 Å². The van der Waals surface area contributed by atoms with Gasteiger partial charge in [0.1, 0.15) is 24.4 Å². The summed E-state index contributed by atoms with van der Waals surface area (Å²) in [5, 5.41) is 56.7.